The van der Waals surface area contributed by atoms with Crippen LogP contribution in [-0.2, 0) is 15.8 Å². The number of anilines is 2. The highest BCUT2D eigenvalue weighted by Crippen LogP contribution is 2.37. The number of esters is 1. The van der Waals surface area contributed by atoms with Crippen molar-refractivity contribution in [2.75, 3.05) is 12.4 Å². The Balaban J connectivity index is 2.24. The van der Waals surface area contributed by atoms with Crippen LogP contribution in [0.25, 0.3) is 0 Å². The van der Waals surface area contributed by atoms with Crippen molar-refractivity contribution in [1.82, 2.24) is 9.97 Å². The molecule has 2 rings (SSSR count). The monoisotopic (exact) mass is 435 g/mol. The van der Waals surface area contributed by atoms with E-state index in [9.17, 15) is 4.79 Å². The first-order valence-corrected chi connectivity index (χ1v) is 12.8. The van der Waals surface area contributed by atoms with Crippen molar-refractivity contribution in [3.05, 3.63) is 45.9 Å². The minimum absolute atomic E-state index is 0.0231. The number of hydrogen-bond acceptors (Lipinski definition) is 6. The third-order valence-electron chi connectivity index (χ3n) is 5.34. The fraction of sp³-hybridized carbons (Fsp3) is 0.476. The van der Waals surface area contributed by atoms with E-state index in [4.69, 9.17) is 20.8 Å². The van der Waals surface area contributed by atoms with Crippen LogP contribution in [0.5, 0.6) is 0 Å². The quantitative estimate of drug-likeness (QED) is 0.351. The molecular weight excluding hydrogens is 406 g/mol. The number of methoxy groups -OCH3 is 1. The lowest BCUT2D eigenvalue weighted by Gasteiger charge is -2.36. The van der Waals surface area contributed by atoms with Crippen molar-refractivity contribution in [2.45, 2.75) is 59.4 Å². The third kappa shape index (κ3) is 5.78. The molecule has 1 aromatic carbocycles. The van der Waals surface area contributed by atoms with Gasteiger partial charge in [-0.25, -0.2) is 14.8 Å². The van der Waals surface area contributed by atoms with Gasteiger partial charge in [0.15, 0.2) is 14.0 Å². The van der Waals surface area contributed by atoms with Gasteiger partial charge in [0.2, 0.25) is 5.28 Å². The highest BCUT2D eigenvalue weighted by Gasteiger charge is 2.37. The van der Waals surface area contributed by atoms with Gasteiger partial charge in [0, 0.05) is 11.8 Å². The van der Waals surface area contributed by atoms with Crippen LogP contribution < -0.4 is 5.32 Å². The molecule has 0 amide bonds. The first-order valence-electron chi connectivity index (χ1n) is 9.48. The van der Waals surface area contributed by atoms with Crippen molar-refractivity contribution in [3.63, 3.8) is 0 Å². The maximum absolute atomic E-state index is 11.8. The summed E-state index contributed by atoms with van der Waals surface area (Å²) in [6, 6.07) is 5.73. The molecule has 1 heterocycles. The minimum atomic E-state index is -1.82. The minimum Gasteiger partial charge on any atom is -0.464 e. The Morgan fingerprint density at radius 2 is 1.72 bits per heavy atom. The molecule has 0 unspecified atom stereocenters. The molecule has 0 atom stereocenters. The fourth-order valence-electron chi connectivity index (χ4n) is 2.63. The smallest absolute Gasteiger partial charge is 0.356 e. The molecule has 1 N–H and O–H groups in total. The van der Waals surface area contributed by atoms with Crippen molar-refractivity contribution in [3.8, 4) is 0 Å². The average Bonchev–Trinajstić information content (AvgIpc) is 2.61. The molecule has 0 spiro atoms. The second-order valence-corrected chi connectivity index (χ2v) is 13.8. The second kappa shape index (κ2) is 8.81. The Labute approximate surface area is 179 Å². The van der Waals surface area contributed by atoms with Gasteiger partial charge >= 0.3 is 5.97 Å². The van der Waals surface area contributed by atoms with Crippen LogP contribution in [0.1, 0.15) is 48.0 Å². The zero-order chi connectivity index (χ0) is 22.0. The van der Waals surface area contributed by atoms with Gasteiger partial charge in [0.1, 0.15) is 5.82 Å². The van der Waals surface area contributed by atoms with Gasteiger partial charge in [-0.3, -0.25) is 0 Å². The van der Waals surface area contributed by atoms with E-state index in [-0.39, 0.29) is 16.0 Å². The Hall–Kier alpha value is -1.96. The average molecular weight is 436 g/mol. The van der Waals surface area contributed by atoms with E-state index in [1.54, 1.807) is 0 Å². The molecule has 1 aromatic heterocycles. The maximum atomic E-state index is 11.8. The molecule has 158 valence electrons. The van der Waals surface area contributed by atoms with Crippen LogP contribution in [0.4, 0.5) is 11.5 Å². The van der Waals surface area contributed by atoms with Crippen molar-refractivity contribution in [2.24, 2.45) is 0 Å². The molecule has 0 bridgehead atoms. The van der Waals surface area contributed by atoms with Gasteiger partial charge < -0.3 is 14.5 Å². The SMILES string of the molecule is COC(=O)c1cc(Nc2c(C)cc(CO[Si](C)(C)C(C)(C)C)cc2C)nc(Cl)n1. The van der Waals surface area contributed by atoms with Crippen LogP contribution in [0.3, 0.4) is 0 Å². The van der Waals surface area contributed by atoms with Crippen LogP contribution in [-0.4, -0.2) is 31.4 Å². The summed E-state index contributed by atoms with van der Waals surface area (Å²) in [4.78, 5) is 19.8. The van der Waals surface area contributed by atoms with Gasteiger partial charge in [-0.1, -0.05) is 32.9 Å². The molecule has 0 saturated heterocycles. The van der Waals surface area contributed by atoms with E-state index in [0.29, 0.717) is 12.4 Å². The topological polar surface area (TPSA) is 73.3 Å². The summed E-state index contributed by atoms with van der Waals surface area (Å²) in [5.41, 5.74) is 4.24. The summed E-state index contributed by atoms with van der Waals surface area (Å²) < 4.78 is 11.1. The Bertz CT molecular complexity index is 888. The van der Waals surface area contributed by atoms with Gasteiger partial charge in [0.05, 0.1) is 13.7 Å². The largest absolute Gasteiger partial charge is 0.464 e. The molecule has 29 heavy (non-hydrogen) atoms. The molecule has 0 radical (unpaired) electrons. The predicted molar refractivity (Wildman–Crippen MR) is 120 cm³/mol. The van der Waals surface area contributed by atoms with Crippen molar-refractivity contribution in [1.29, 1.82) is 0 Å². The number of aryl methyl sites for hydroxylation is 2. The first kappa shape index (κ1) is 23.3. The molecular formula is C21H30ClN3O3Si. The lowest BCUT2D eigenvalue weighted by atomic mass is 10.0. The number of aromatic nitrogens is 2. The fourth-order valence-corrected chi connectivity index (χ4v) is 3.78. The van der Waals surface area contributed by atoms with Crippen LogP contribution >= 0.6 is 11.6 Å². The number of ether oxygens (including phenoxy) is 1. The van der Waals surface area contributed by atoms with Gasteiger partial charge in [0.25, 0.3) is 0 Å². The number of carbonyl (C=O) groups is 1. The Kier molecular flexibility index (Phi) is 7.09. The molecule has 8 heteroatoms. The number of halogens is 1. The highest BCUT2D eigenvalue weighted by molar-refractivity contribution is 6.74. The summed E-state index contributed by atoms with van der Waals surface area (Å²) in [6.45, 7) is 15.8. The van der Waals surface area contributed by atoms with E-state index in [1.807, 2.05) is 13.8 Å². The lowest BCUT2D eigenvalue weighted by Crippen LogP contribution is -2.40. The van der Waals surface area contributed by atoms with Crippen LogP contribution in [0.15, 0.2) is 18.2 Å². The molecule has 2 aromatic rings. The van der Waals surface area contributed by atoms with Gasteiger partial charge in [-0.05, 0) is 60.3 Å². The Morgan fingerprint density at radius 3 is 2.24 bits per heavy atom. The van der Waals surface area contributed by atoms with Crippen LogP contribution in [0, 0.1) is 13.8 Å². The Morgan fingerprint density at radius 1 is 1.14 bits per heavy atom. The van der Waals surface area contributed by atoms with Crippen LogP contribution in [0.2, 0.25) is 23.4 Å². The van der Waals surface area contributed by atoms with E-state index in [2.05, 4.69) is 61.3 Å². The summed E-state index contributed by atoms with van der Waals surface area (Å²) in [6.07, 6.45) is 0. The summed E-state index contributed by atoms with van der Waals surface area (Å²) in [7, 11) is -0.519. The van der Waals surface area contributed by atoms with E-state index in [0.717, 1.165) is 22.4 Å². The zero-order valence-electron chi connectivity index (χ0n) is 18.4. The first-order chi connectivity index (χ1) is 13.3. The number of carbonyl (C=O) groups excluding carboxylic acids is 1. The lowest BCUT2D eigenvalue weighted by molar-refractivity contribution is 0.0594. The molecule has 0 aliphatic carbocycles. The summed E-state index contributed by atoms with van der Waals surface area (Å²) in [5.74, 6) is -0.134. The summed E-state index contributed by atoms with van der Waals surface area (Å²) >= 11 is 5.96. The number of hydrogen-bond donors (Lipinski definition) is 1. The molecule has 0 saturated carbocycles. The summed E-state index contributed by atoms with van der Waals surface area (Å²) in [5, 5.41) is 3.39. The van der Waals surface area contributed by atoms with Crippen molar-refractivity contribution >= 4 is 37.4 Å². The third-order valence-corrected chi connectivity index (χ3v) is 9.99. The zero-order valence-corrected chi connectivity index (χ0v) is 20.2. The van der Waals surface area contributed by atoms with E-state index >= 15 is 0 Å². The second-order valence-electron chi connectivity index (χ2n) is 8.68. The maximum Gasteiger partial charge on any atom is 0.356 e. The van der Waals surface area contributed by atoms with Gasteiger partial charge in [-0.2, -0.15) is 0 Å². The standard InChI is InChI=1S/C21H30ClN3O3Si/c1-13-9-15(12-28-29(7,8)21(3,4)5)10-14(2)18(13)24-17-11-16(19(26)27-6)23-20(22)25-17/h9-11H,12H2,1-8H3,(H,23,24,25). The molecule has 0 aliphatic rings. The van der Waals surface area contributed by atoms with E-state index in [1.165, 1.54) is 13.2 Å². The predicted octanol–water partition coefficient (Wildman–Crippen LogP) is 5.80. The molecule has 6 nitrogen and oxygen atoms in total. The number of benzene rings is 1. The highest BCUT2D eigenvalue weighted by atomic mass is 35.5. The van der Waals surface area contributed by atoms with Crippen molar-refractivity contribution < 1.29 is 14.0 Å². The van der Waals surface area contributed by atoms with Gasteiger partial charge in [-0.15, -0.1) is 0 Å². The number of nitrogens with zero attached hydrogens (tertiary/aromatic N) is 2. The molecule has 0 aliphatic heterocycles. The normalized spacial score (nSPS) is 12.0. The molecule has 0 fully saturated rings. The number of nitrogens with one attached hydrogen (secondary N) is 1. The number of rotatable bonds is 6. The van der Waals surface area contributed by atoms with E-state index < -0.39 is 14.3 Å².